The average Bonchev–Trinajstić information content (AvgIpc) is 2.77. The van der Waals surface area contributed by atoms with Crippen LogP contribution in [0, 0.1) is 27.7 Å². The first-order chi connectivity index (χ1) is 9.88. The molecule has 0 radical (unpaired) electrons. The number of rotatable bonds is 4. The molecule has 0 fully saturated rings. The second kappa shape index (κ2) is 6.14. The molecule has 0 aliphatic carbocycles. The molecule has 21 heavy (non-hydrogen) atoms. The number of benzene rings is 1. The summed E-state index contributed by atoms with van der Waals surface area (Å²) in [4.78, 5) is 12.2. The van der Waals surface area contributed by atoms with Crippen LogP contribution < -0.4 is 5.32 Å². The number of amides is 1. The third kappa shape index (κ3) is 3.52. The topological polar surface area (TPSA) is 62.5 Å². The van der Waals surface area contributed by atoms with Crippen molar-refractivity contribution in [3.63, 3.8) is 0 Å². The molecule has 1 amide bonds. The number of carbonyl (C=O) groups is 1. The minimum atomic E-state index is -0.767. The highest BCUT2D eigenvalue weighted by Crippen LogP contribution is 2.21. The monoisotopic (exact) mass is 287 g/mol. The molecule has 2 aromatic rings. The van der Waals surface area contributed by atoms with Gasteiger partial charge in [-0.15, -0.1) is 0 Å². The predicted molar refractivity (Wildman–Crippen MR) is 81.4 cm³/mol. The highest BCUT2D eigenvalue weighted by atomic mass is 16.3. The smallest absolute Gasteiger partial charge is 0.251 e. The summed E-state index contributed by atoms with van der Waals surface area (Å²) < 4.78 is 5.39. The van der Waals surface area contributed by atoms with E-state index in [2.05, 4.69) is 5.32 Å². The lowest BCUT2D eigenvalue weighted by atomic mass is 10.0. The zero-order valence-electron chi connectivity index (χ0n) is 12.9. The molecule has 0 spiro atoms. The lowest BCUT2D eigenvalue weighted by Gasteiger charge is -2.12. The van der Waals surface area contributed by atoms with E-state index in [4.69, 9.17) is 4.42 Å². The minimum Gasteiger partial charge on any atom is -0.466 e. The zero-order valence-corrected chi connectivity index (χ0v) is 12.9. The van der Waals surface area contributed by atoms with Crippen molar-refractivity contribution in [1.29, 1.82) is 0 Å². The zero-order chi connectivity index (χ0) is 15.6. The van der Waals surface area contributed by atoms with Gasteiger partial charge in [-0.1, -0.05) is 17.7 Å². The highest BCUT2D eigenvalue weighted by Gasteiger charge is 2.16. The Labute approximate surface area is 124 Å². The molecule has 4 nitrogen and oxygen atoms in total. The molecule has 4 heteroatoms. The van der Waals surface area contributed by atoms with Crippen molar-refractivity contribution in [3.05, 3.63) is 58.0 Å². The number of nitrogens with one attached hydrogen (secondary N) is 1. The maximum absolute atomic E-state index is 12.2. The van der Waals surface area contributed by atoms with Crippen molar-refractivity contribution < 1.29 is 14.3 Å². The van der Waals surface area contributed by atoms with E-state index < -0.39 is 6.10 Å². The summed E-state index contributed by atoms with van der Waals surface area (Å²) in [6.07, 6.45) is -0.767. The van der Waals surface area contributed by atoms with Gasteiger partial charge < -0.3 is 14.8 Å². The van der Waals surface area contributed by atoms with Gasteiger partial charge >= 0.3 is 0 Å². The molecule has 0 bridgehead atoms. The van der Waals surface area contributed by atoms with Gasteiger partial charge in [0.05, 0.1) is 6.10 Å². The molecule has 0 aliphatic heterocycles. The number of aliphatic hydroxyl groups excluding tert-OH is 1. The molecular formula is C17H21NO3. The SMILES string of the molecule is Cc1ccc(C)c(C(=O)NCC(O)c2cc(C)oc2C)c1. The van der Waals surface area contributed by atoms with Crippen molar-refractivity contribution in [2.24, 2.45) is 0 Å². The maximum Gasteiger partial charge on any atom is 0.251 e. The lowest BCUT2D eigenvalue weighted by molar-refractivity contribution is 0.0914. The third-order valence-corrected chi connectivity index (χ3v) is 3.53. The fourth-order valence-electron chi connectivity index (χ4n) is 2.36. The largest absolute Gasteiger partial charge is 0.466 e. The van der Waals surface area contributed by atoms with Crippen LogP contribution in [-0.2, 0) is 0 Å². The van der Waals surface area contributed by atoms with Crippen molar-refractivity contribution in [2.45, 2.75) is 33.8 Å². The standard InChI is InChI=1S/C17H21NO3/c1-10-5-6-11(2)14(7-10)17(20)18-9-16(19)15-8-12(3)21-13(15)4/h5-8,16,19H,9H2,1-4H3,(H,18,20). The van der Waals surface area contributed by atoms with Gasteiger partial charge in [0, 0.05) is 17.7 Å². The van der Waals surface area contributed by atoms with E-state index in [-0.39, 0.29) is 12.5 Å². The van der Waals surface area contributed by atoms with Crippen LogP contribution in [0.25, 0.3) is 0 Å². The number of carbonyl (C=O) groups excluding carboxylic acids is 1. The van der Waals surface area contributed by atoms with Crippen molar-refractivity contribution in [2.75, 3.05) is 6.54 Å². The Kier molecular flexibility index (Phi) is 4.48. The van der Waals surface area contributed by atoms with E-state index in [1.165, 1.54) is 0 Å². The molecule has 1 atom stereocenters. The second-order valence-electron chi connectivity index (χ2n) is 5.41. The highest BCUT2D eigenvalue weighted by molar-refractivity contribution is 5.95. The maximum atomic E-state index is 12.2. The fraction of sp³-hybridized carbons (Fsp3) is 0.353. The van der Waals surface area contributed by atoms with Crippen molar-refractivity contribution in [3.8, 4) is 0 Å². The molecule has 1 aromatic carbocycles. The Morgan fingerprint density at radius 1 is 1.24 bits per heavy atom. The summed E-state index contributed by atoms with van der Waals surface area (Å²) in [6, 6.07) is 7.54. The van der Waals surface area contributed by atoms with Gasteiger partial charge in [0.2, 0.25) is 0 Å². The Morgan fingerprint density at radius 2 is 1.95 bits per heavy atom. The van der Waals surface area contributed by atoms with Crippen LogP contribution in [0.4, 0.5) is 0 Å². The van der Waals surface area contributed by atoms with Gasteiger partial charge in [-0.05, 0) is 45.4 Å². The first-order valence-corrected chi connectivity index (χ1v) is 6.99. The Bertz CT molecular complexity index is 658. The molecule has 0 saturated heterocycles. The summed E-state index contributed by atoms with van der Waals surface area (Å²) in [5.41, 5.74) is 3.31. The number of aliphatic hydroxyl groups is 1. The van der Waals surface area contributed by atoms with Gasteiger partial charge in [-0.25, -0.2) is 0 Å². The molecular weight excluding hydrogens is 266 g/mol. The number of furan rings is 1. The second-order valence-corrected chi connectivity index (χ2v) is 5.41. The summed E-state index contributed by atoms with van der Waals surface area (Å²) >= 11 is 0. The molecule has 1 heterocycles. The summed E-state index contributed by atoms with van der Waals surface area (Å²) in [7, 11) is 0. The summed E-state index contributed by atoms with van der Waals surface area (Å²) in [6.45, 7) is 7.64. The van der Waals surface area contributed by atoms with Gasteiger partial charge in [0.25, 0.3) is 5.91 Å². The Balaban J connectivity index is 2.04. The first kappa shape index (κ1) is 15.3. The lowest BCUT2D eigenvalue weighted by Crippen LogP contribution is -2.29. The van der Waals surface area contributed by atoms with Crippen LogP contribution in [0.15, 0.2) is 28.7 Å². The molecule has 2 N–H and O–H groups in total. The van der Waals surface area contributed by atoms with Gasteiger partial charge in [0.15, 0.2) is 0 Å². The fourth-order valence-corrected chi connectivity index (χ4v) is 2.36. The van der Waals surface area contributed by atoms with Gasteiger partial charge in [-0.2, -0.15) is 0 Å². The molecule has 0 saturated carbocycles. The Hall–Kier alpha value is -2.07. The normalized spacial score (nSPS) is 12.2. The summed E-state index contributed by atoms with van der Waals surface area (Å²) in [5, 5.41) is 12.9. The van der Waals surface area contributed by atoms with Crippen LogP contribution in [0.5, 0.6) is 0 Å². The first-order valence-electron chi connectivity index (χ1n) is 6.99. The molecule has 0 aliphatic rings. The van der Waals surface area contributed by atoms with Crippen molar-refractivity contribution in [1.82, 2.24) is 5.32 Å². The number of aryl methyl sites for hydroxylation is 4. The molecule has 2 rings (SSSR count). The quantitative estimate of drug-likeness (QED) is 0.908. The van der Waals surface area contributed by atoms with E-state index in [9.17, 15) is 9.90 Å². The Morgan fingerprint density at radius 3 is 2.57 bits per heavy atom. The van der Waals surface area contributed by atoms with Crippen LogP contribution in [0.3, 0.4) is 0 Å². The predicted octanol–water partition coefficient (Wildman–Crippen LogP) is 2.98. The molecule has 1 aromatic heterocycles. The van der Waals surface area contributed by atoms with Gasteiger partial charge in [-0.3, -0.25) is 4.79 Å². The van der Waals surface area contributed by atoms with Crippen molar-refractivity contribution >= 4 is 5.91 Å². The number of hydrogen-bond donors (Lipinski definition) is 2. The average molecular weight is 287 g/mol. The molecule has 1 unspecified atom stereocenters. The summed E-state index contributed by atoms with van der Waals surface area (Å²) in [5.74, 6) is 1.26. The van der Waals surface area contributed by atoms with E-state index >= 15 is 0 Å². The van der Waals surface area contributed by atoms with Crippen LogP contribution in [0.2, 0.25) is 0 Å². The van der Waals surface area contributed by atoms with E-state index in [1.54, 1.807) is 13.0 Å². The minimum absolute atomic E-state index is 0.159. The third-order valence-electron chi connectivity index (χ3n) is 3.53. The van der Waals surface area contributed by atoms with Crippen LogP contribution >= 0.6 is 0 Å². The van der Waals surface area contributed by atoms with E-state index in [1.807, 2.05) is 39.0 Å². The van der Waals surface area contributed by atoms with Crippen LogP contribution in [0.1, 0.15) is 44.7 Å². The molecule has 112 valence electrons. The van der Waals surface area contributed by atoms with Crippen LogP contribution in [-0.4, -0.2) is 17.6 Å². The van der Waals surface area contributed by atoms with E-state index in [0.717, 1.165) is 16.9 Å². The number of hydrogen-bond acceptors (Lipinski definition) is 3. The van der Waals surface area contributed by atoms with E-state index in [0.29, 0.717) is 16.9 Å². The van der Waals surface area contributed by atoms with Gasteiger partial charge in [0.1, 0.15) is 11.5 Å².